The van der Waals surface area contributed by atoms with Crippen molar-refractivity contribution in [3.8, 4) is 0 Å². The highest BCUT2D eigenvalue weighted by Gasteiger charge is 2.51. The van der Waals surface area contributed by atoms with Crippen molar-refractivity contribution in [2.24, 2.45) is 23.5 Å². The topological polar surface area (TPSA) is 59.2 Å². The average Bonchev–Trinajstić information content (AvgIpc) is 3.16. The van der Waals surface area contributed by atoms with E-state index in [1.54, 1.807) is 6.20 Å². The number of carbonyl (C=O) groups excluding carboxylic acids is 1. The molecule has 0 aromatic carbocycles. The molecule has 112 valence electrons. The second kappa shape index (κ2) is 5.09. The average molecular weight is 285 g/mol. The Morgan fingerprint density at radius 1 is 1.29 bits per heavy atom. The number of carbonyl (C=O) groups is 1. The van der Waals surface area contributed by atoms with E-state index in [0.29, 0.717) is 30.3 Å². The summed E-state index contributed by atoms with van der Waals surface area (Å²) in [5.41, 5.74) is 7.48. The maximum absolute atomic E-state index is 13.1. The van der Waals surface area contributed by atoms with Crippen molar-refractivity contribution in [3.05, 3.63) is 30.1 Å². The van der Waals surface area contributed by atoms with Crippen LogP contribution in [-0.4, -0.2) is 27.9 Å². The summed E-state index contributed by atoms with van der Waals surface area (Å²) in [7, 11) is 0. The molecule has 4 heteroatoms. The van der Waals surface area contributed by atoms with Crippen LogP contribution in [0.25, 0.3) is 0 Å². The number of pyridine rings is 1. The monoisotopic (exact) mass is 285 g/mol. The molecule has 3 saturated carbocycles. The third-order valence-electron chi connectivity index (χ3n) is 5.61. The van der Waals surface area contributed by atoms with Crippen LogP contribution in [0.2, 0.25) is 0 Å². The van der Waals surface area contributed by atoms with Crippen molar-refractivity contribution < 1.29 is 4.79 Å². The van der Waals surface area contributed by atoms with Crippen molar-refractivity contribution in [2.45, 2.75) is 50.7 Å². The molecule has 21 heavy (non-hydrogen) atoms. The van der Waals surface area contributed by atoms with Crippen molar-refractivity contribution in [3.63, 3.8) is 0 Å². The van der Waals surface area contributed by atoms with Crippen LogP contribution >= 0.6 is 0 Å². The number of amides is 1. The van der Waals surface area contributed by atoms with E-state index < -0.39 is 0 Å². The second-order valence-electron chi connectivity index (χ2n) is 6.99. The van der Waals surface area contributed by atoms with Gasteiger partial charge in [0.2, 0.25) is 5.91 Å². The molecule has 3 aliphatic carbocycles. The quantitative estimate of drug-likeness (QED) is 0.920. The van der Waals surface area contributed by atoms with Gasteiger partial charge in [0.1, 0.15) is 0 Å². The van der Waals surface area contributed by atoms with Gasteiger partial charge in [-0.3, -0.25) is 9.78 Å². The van der Waals surface area contributed by atoms with Gasteiger partial charge in [-0.2, -0.15) is 0 Å². The van der Waals surface area contributed by atoms with Gasteiger partial charge in [0.25, 0.3) is 0 Å². The first-order valence-electron chi connectivity index (χ1n) is 8.19. The first-order valence-corrected chi connectivity index (χ1v) is 8.19. The van der Waals surface area contributed by atoms with Gasteiger partial charge in [-0.15, -0.1) is 0 Å². The van der Waals surface area contributed by atoms with Gasteiger partial charge < -0.3 is 10.6 Å². The highest BCUT2D eigenvalue weighted by atomic mass is 16.2. The van der Waals surface area contributed by atoms with E-state index in [4.69, 9.17) is 5.73 Å². The highest BCUT2D eigenvalue weighted by Crippen LogP contribution is 2.49. The molecular formula is C17H23N3O. The number of hydrogen-bond acceptors (Lipinski definition) is 3. The van der Waals surface area contributed by atoms with Crippen LogP contribution in [0.3, 0.4) is 0 Å². The molecular weight excluding hydrogens is 262 g/mol. The lowest BCUT2D eigenvalue weighted by molar-refractivity contribution is -0.139. The van der Waals surface area contributed by atoms with Gasteiger partial charge in [0.15, 0.2) is 0 Å². The molecule has 2 bridgehead atoms. The number of nitrogens with two attached hydrogens (primary N) is 1. The zero-order chi connectivity index (χ0) is 14.4. The van der Waals surface area contributed by atoms with Crippen molar-refractivity contribution in [1.82, 2.24) is 9.88 Å². The van der Waals surface area contributed by atoms with E-state index in [0.717, 1.165) is 18.4 Å². The van der Waals surface area contributed by atoms with Crippen LogP contribution in [0, 0.1) is 17.8 Å². The van der Waals surface area contributed by atoms with E-state index in [1.807, 2.05) is 12.3 Å². The lowest BCUT2D eigenvalue weighted by Gasteiger charge is -2.33. The van der Waals surface area contributed by atoms with Crippen LogP contribution in [-0.2, 0) is 11.3 Å². The first-order chi connectivity index (χ1) is 10.2. The first kappa shape index (κ1) is 13.3. The summed E-state index contributed by atoms with van der Waals surface area (Å²) in [5, 5.41) is 0. The Bertz CT molecular complexity index is 526. The Morgan fingerprint density at radius 2 is 2.10 bits per heavy atom. The molecule has 0 radical (unpaired) electrons. The van der Waals surface area contributed by atoms with Gasteiger partial charge >= 0.3 is 0 Å². The molecule has 4 rings (SSSR count). The van der Waals surface area contributed by atoms with Gasteiger partial charge in [-0.25, -0.2) is 0 Å². The number of aromatic nitrogens is 1. The molecule has 0 aliphatic heterocycles. The summed E-state index contributed by atoms with van der Waals surface area (Å²) >= 11 is 0. The molecule has 3 fully saturated rings. The van der Waals surface area contributed by atoms with Crippen LogP contribution in [0.15, 0.2) is 24.5 Å². The Morgan fingerprint density at radius 3 is 2.71 bits per heavy atom. The summed E-state index contributed by atoms with van der Waals surface area (Å²) in [6.45, 7) is 0.692. The number of rotatable bonds is 4. The normalized spacial score (nSPS) is 34.1. The van der Waals surface area contributed by atoms with Crippen LogP contribution < -0.4 is 5.73 Å². The summed E-state index contributed by atoms with van der Waals surface area (Å²) in [5.74, 6) is 1.50. The molecule has 4 atom stereocenters. The minimum atomic E-state index is 0.0704. The minimum absolute atomic E-state index is 0.0704. The molecule has 1 aromatic rings. The largest absolute Gasteiger partial charge is 0.335 e. The summed E-state index contributed by atoms with van der Waals surface area (Å²) in [6.07, 6.45) is 9.51. The molecule has 3 aliphatic rings. The Balaban J connectivity index is 1.53. The molecule has 0 saturated heterocycles. The van der Waals surface area contributed by atoms with Crippen molar-refractivity contribution >= 4 is 5.91 Å². The molecule has 0 spiro atoms. The molecule has 1 heterocycles. The Hall–Kier alpha value is -1.42. The molecule has 4 unspecified atom stereocenters. The SMILES string of the molecule is NC1C2CCC(C2)C1C(=O)N(Cc1cccnc1)C1CC1. The van der Waals surface area contributed by atoms with Crippen LogP contribution in [0.5, 0.6) is 0 Å². The summed E-state index contributed by atoms with van der Waals surface area (Å²) < 4.78 is 0. The summed E-state index contributed by atoms with van der Waals surface area (Å²) in [4.78, 5) is 19.3. The fourth-order valence-corrected chi connectivity index (χ4v) is 4.36. The minimum Gasteiger partial charge on any atom is -0.335 e. The van der Waals surface area contributed by atoms with E-state index in [9.17, 15) is 4.79 Å². The van der Waals surface area contributed by atoms with Crippen LogP contribution in [0.1, 0.15) is 37.7 Å². The van der Waals surface area contributed by atoms with Gasteiger partial charge in [-0.05, 0) is 55.6 Å². The lowest BCUT2D eigenvalue weighted by atomic mass is 9.84. The summed E-state index contributed by atoms with van der Waals surface area (Å²) in [6, 6.07) is 4.51. The van der Waals surface area contributed by atoms with E-state index in [-0.39, 0.29) is 12.0 Å². The third kappa shape index (κ3) is 2.35. The molecule has 1 amide bonds. The van der Waals surface area contributed by atoms with Crippen molar-refractivity contribution in [1.29, 1.82) is 0 Å². The molecule has 4 nitrogen and oxygen atoms in total. The lowest BCUT2D eigenvalue weighted by Crippen LogP contribution is -2.47. The van der Waals surface area contributed by atoms with Crippen LogP contribution in [0.4, 0.5) is 0 Å². The van der Waals surface area contributed by atoms with E-state index in [1.165, 1.54) is 19.3 Å². The van der Waals surface area contributed by atoms with Gasteiger partial charge in [0.05, 0.1) is 5.92 Å². The fraction of sp³-hybridized carbons (Fsp3) is 0.647. The third-order valence-corrected chi connectivity index (χ3v) is 5.61. The number of hydrogen-bond donors (Lipinski definition) is 1. The zero-order valence-electron chi connectivity index (χ0n) is 12.3. The van der Waals surface area contributed by atoms with Gasteiger partial charge in [0, 0.05) is 31.0 Å². The predicted octanol–water partition coefficient (Wildman–Crippen LogP) is 1.95. The number of nitrogens with zero attached hydrogens (tertiary/aromatic N) is 2. The maximum atomic E-state index is 13.1. The standard InChI is InChI=1S/C17H23N3O/c18-16-13-4-3-12(8-13)15(16)17(21)20(14-5-6-14)10-11-2-1-7-19-9-11/h1-2,7,9,12-16H,3-6,8,10,18H2. The predicted molar refractivity (Wildman–Crippen MR) is 80.1 cm³/mol. The Kier molecular flexibility index (Phi) is 3.21. The number of fused-ring (bicyclic) bond motifs is 2. The highest BCUT2D eigenvalue weighted by molar-refractivity contribution is 5.81. The molecule has 1 aromatic heterocycles. The zero-order valence-corrected chi connectivity index (χ0v) is 12.3. The van der Waals surface area contributed by atoms with E-state index in [2.05, 4.69) is 16.0 Å². The molecule has 2 N–H and O–H groups in total. The van der Waals surface area contributed by atoms with Gasteiger partial charge in [-0.1, -0.05) is 6.07 Å². The van der Waals surface area contributed by atoms with Crippen molar-refractivity contribution in [2.75, 3.05) is 0 Å². The smallest absolute Gasteiger partial charge is 0.228 e. The Labute approximate surface area is 125 Å². The second-order valence-corrected chi connectivity index (χ2v) is 6.99. The fourth-order valence-electron chi connectivity index (χ4n) is 4.36. The maximum Gasteiger partial charge on any atom is 0.228 e. The van der Waals surface area contributed by atoms with E-state index >= 15 is 0 Å².